The van der Waals surface area contributed by atoms with Crippen molar-refractivity contribution in [1.29, 1.82) is 5.26 Å². The molecule has 0 bridgehead atoms. The van der Waals surface area contributed by atoms with Gasteiger partial charge in [-0.05, 0) is 67.3 Å². The van der Waals surface area contributed by atoms with Crippen molar-refractivity contribution < 1.29 is 27.1 Å². The Morgan fingerprint density at radius 2 is 1.97 bits per heavy atom. The summed E-state index contributed by atoms with van der Waals surface area (Å²) < 4.78 is 54.3. The Kier molecular flexibility index (Phi) is 7.71. The van der Waals surface area contributed by atoms with Crippen LogP contribution in [0.25, 0.3) is 21.9 Å². The summed E-state index contributed by atoms with van der Waals surface area (Å²) in [6.07, 6.45) is -2.77. The highest BCUT2D eigenvalue weighted by Crippen LogP contribution is 2.38. The van der Waals surface area contributed by atoms with E-state index in [4.69, 9.17) is 20.1 Å². The molecule has 37 heavy (non-hydrogen) atoms. The van der Waals surface area contributed by atoms with Crippen LogP contribution < -0.4 is 21.1 Å². The third-order valence-corrected chi connectivity index (χ3v) is 6.30. The lowest BCUT2D eigenvalue weighted by molar-refractivity contribution is -0.161. The Bertz CT molecular complexity index is 1310. The van der Waals surface area contributed by atoms with Crippen molar-refractivity contribution >= 4 is 35.1 Å². The van der Waals surface area contributed by atoms with Gasteiger partial charge in [-0.15, -0.1) is 0 Å². The third-order valence-electron chi connectivity index (χ3n) is 6.30. The molecule has 0 spiro atoms. The fourth-order valence-corrected chi connectivity index (χ4v) is 4.24. The van der Waals surface area contributed by atoms with Crippen molar-refractivity contribution in [3.05, 3.63) is 42.0 Å². The van der Waals surface area contributed by atoms with Gasteiger partial charge in [0.05, 0.1) is 18.3 Å². The van der Waals surface area contributed by atoms with Crippen LogP contribution in [-0.2, 0) is 4.79 Å². The van der Waals surface area contributed by atoms with Gasteiger partial charge in [-0.2, -0.15) is 13.2 Å². The van der Waals surface area contributed by atoms with Crippen molar-refractivity contribution in [3.63, 3.8) is 0 Å². The number of nitriles is 1. The number of alkyl halides is 3. The fraction of sp³-hybridized carbons (Fsp3) is 0.462. The molecule has 1 amide bonds. The van der Waals surface area contributed by atoms with Gasteiger partial charge in [0.15, 0.2) is 0 Å². The zero-order chi connectivity index (χ0) is 26.8. The average molecular weight is 513 g/mol. The van der Waals surface area contributed by atoms with Gasteiger partial charge in [-0.3, -0.25) is 10.1 Å². The van der Waals surface area contributed by atoms with Crippen LogP contribution in [0.3, 0.4) is 0 Å². The maximum atomic E-state index is 14.3. The van der Waals surface area contributed by atoms with Crippen LogP contribution in [0, 0.1) is 17.1 Å². The zero-order valence-electron chi connectivity index (χ0n) is 20.7. The number of carbonyl (C=O) groups excluding carboxylic acids is 1. The molecule has 1 aliphatic carbocycles. The largest absolute Gasteiger partial charge is 0.494 e. The van der Waals surface area contributed by atoms with Gasteiger partial charge in [-0.25, -0.2) is 5.26 Å². The van der Waals surface area contributed by atoms with Crippen LogP contribution in [0.1, 0.15) is 44.7 Å². The first-order valence-corrected chi connectivity index (χ1v) is 12.2. The molecule has 7 nitrogen and oxygen atoms in total. The number of hydrogen-bond donors (Lipinski definition) is 3. The fourth-order valence-electron chi connectivity index (χ4n) is 4.24. The Labute approximate surface area is 213 Å². The van der Waals surface area contributed by atoms with Gasteiger partial charge >= 0.3 is 6.18 Å². The Balaban J connectivity index is 1.61. The van der Waals surface area contributed by atoms with Crippen LogP contribution >= 0.6 is 0 Å². The van der Waals surface area contributed by atoms with Gasteiger partial charge in [0.2, 0.25) is 5.91 Å². The molecule has 11 heteroatoms. The highest BCUT2D eigenvalue weighted by molar-refractivity contribution is 6.45. The number of ether oxygens (including phenoxy) is 1. The number of fused-ring (bicyclic) bond motifs is 3. The molecule has 2 unspecified atom stereocenters. The van der Waals surface area contributed by atoms with Crippen molar-refractivity contribution in [1.82, 2.24) is 10.6 Å². The van der Waals surface area contributed by atoms with E-state index in [1.54, 1.807) is 24.3 Å². The van der Waals surface area contributed by atoms with Crippen molar-refractivity contribution in [2.45, 2.75) is 63.4 Å². The van der Waals surface area contributed by atoms with Crippen LogP contribution in [0.2, 0.25) is 6.32 Å². The Morgan fingerprint density at radius 1 is 1.22 bits per heavy atom. The molecule has 1 aromatic heterocycles. The van der Waals surface area contributed by atoms with E-state index in [0.717, 1.165) is 0 Å². The number of nitrogens with one attached hydrogen (secondary N) is 2. The first-order valence-electron chi connectivity index (χ1n) is 12.2. The first kappa shape index (κ1) is 26.8. The molecule has 1 heterocycles. The molecular weight excluding hydrogens is 484 g/mol. The lowest BCUT2D eigenvalue weighted by Crippen LogP contribution is -2.54. The molecular formula is C26H29BF3N4O3. The van der Waals surface area contributed by atoms with E-state index in [1.807, 2.05) is 19.8 Å². The molecule has 195 valence electrons. The smallest absolute Gasteiger partial charge is 0.407 e. The number of furan rings is 1. The predicted octanol–water partition coefficient (Wildman–Crippen LogP) is 4.74. The Hall–Kier alpha value is -3.23. The number of rotatable bonds is 11. The molecule has 1 fully saturated rings. The van der Waals surface area contributed by atoms with Crippen molar-refractivity contribution in [2.75, 3.05) is 6.61 Å². The van der Waals surface area contributed by atoms with Gasteiger partial charge in [-0.1, -0.05) is 26.0 Å². The summed E-state index contributed by atoms with van der Waals surface area (Å²) in [6.45, 7) is 4.02. The van der Waals surface area contributed by atoms with Crippen LogP contribution in [-0.4, -0.2) is 37.7 Å². The van der Waals surface area contributed by atoms with Crippen LogP contribution in [0.4, 0.5) is 13.2 Å². The minimum atomic E-state index is -4.66. The zero-order valence-corrected chi connectivity index (χ0v) is 20.7. The summed E-state index contributed by atoms with van der Waals surface area (Å²) in [5.41, 5.74) is 5.89. The summed E-state index contributed by atoms with van der Waals surface area (Å²) in [5, 5.41) is 15.2. The summed E-state index contributed by atoms with van der Waals surface area (Å²) in [5.74, 6) is 1.95. The summed E-state index contributed by atoms with van der Waals surface area (Å²) >= 11 is 0. The van der Waals surface area contributed by atoms with E-state index in [9.17, 15) is 18.0 Å². The maximum absolute atomic E-state index is 14.3. The second kappa shape index (κ2) is 10.6. The third kappa shape index (κ3) is 6.56. The Morgan fingerprint density at radius 3 is 2.62 bits per heavy atom. The summed E-state index contributed by atoms with van der Waals surface area (Å²) in [7, 11) is 1.44. The van der Waals surface area contributed by atoms with E-state index in [1.165, 1.54) is 19.4 Å². The molecule has 4 rings (SSSR count). The maximum Gasteiger partial charge on any atom is 0.407 e. The molecule has 3 aromatic rings. The van der Waals surface area contributed by atoms with E-state index in [-0.39, 0.29) is 17.9 Å². The van der Waals surface area contributed by atoms with Gasteiger partial charge < -0.3 is 20.2 Å². The second-order valence-corrected chi connectivity index (χ2v) is 9.95. The number of amides is 1. The van der Waals surface area contributed by atoms with E-state index in [2.05, 4.69) is 10.6 Å². The highest BCUT2D eigenvalue weighted by atomic mass is 19.4. The summed E-state index contributed by atoms with van der Waals surface area (Å²) in [6, 6.07) is 6.35. The minimum absolute atomic E-state index is 0.0166. The normalized spacial score (nSPS) is 16.4. The van der Waals surface area contributed by atoms with Crippen LogP contribution in [0.5, 0.6) is 5.75 Å². The molecule has 1 radical (unpaired) electrons. The average Bonchev–Trinajstić information content (AvgIpc) is 3.43. The monoisotopic (exact) mass is 513 g/mol. The van der Waals surface area contributed by atoms with Gasteiger partial charge in [0.1, 0.15) is 23.0 Å². The number of nitrogens with zero attached hydrogens (tertiary/aromatic N) is 1. The SMILES string of the molecule is CC(C)CC(NC(c1ccc2c(c1)oc1ccc(OCC[B]C#N)cc12)C(F)(F)F)C(=O)NC1(N)CC1. The molecule has 1 saturated carbocycles. The summed E-state index contributed by atoms with van der Waals surface area (Å²) in [4.78, 5) is 12.8. The van der Waals surface area contributed by atoms with E-state index >= 15 is 0 Å². The van der Waals surface area contributed by atoms with Crippen molar-refractivity contribution in [2.24, 2.45) is 11.7 Å². The molecule has 4 N–H and O–H groups in total. The van der Waals surface area contributed by atoms with Crippen LogP contribution in [0.15, 0.2) is 40.8 Å². The lowest BCUT2D eigenvalue weighted by Gasteiger charge is -2.29. The molecule has 1 aliphatic rings. The minimum Gasteiger partial charge on any atom is -0.494 e. The van der Waals surface area contributed by atoms with Gasteiger partial charge in [0, 0.05) is 10.8 Å². The number of halogens is 3. The van der Waals surface area contributed by atoms with Crippen molar-refractivity contribution in [3.8, 4) is 11.7 Å². The topological polar surface area (TPSA) is 113 Å². The van der Waals surface area contributed by atoms with E-state index in [0.29, 0.717) is 53.5 Å². The highest BCUT2D eigenvalue weighted by Gasteiger charge is 2.45. The van der Waals surface area contributed by atoms with Gasteiger partial charge in [0.25, 0.3) is 7.28 Å². The quantitative estimate of drug-likeness (QED) is 0.194. The molecule has 0 aliphatic heterocycles. The molecule has 2 aromatic carbocycles. The predicted molar refractivity (Wildman–Crippen MR) is 135 cm³/mol. The molecule has 2 atom stereocenters. The number of hydrogen-bond acceptors (Lipinski definition) is 6. The number of benzene rings is 2. The van der Waals surface area contributed by atoms with E-state index < -0.39 is 29.8 Å². The standard InChI is InChI=1S/C26H29BF3N4O3/c1-15(2)11-20(24(35)34-25(32)7-8-25)33-23(26(28,29)30)16-3-5-18-19-13-17(36-10-9-27-14-31)4-6-21(19)37-22(18)12-16/h3-6,12-13,15,20,23,33H,7-11,32H2,1-2H3,(H,34,35). The molecule has 0 saturated heterocycles. The number of nitrogens with two attached hydrogens (primary N) is 1. The lowest BCUT2D eigenvalue weighted by atomic mass is 9.78. The number of carbonyl (C=O) groups is 1. The second-order valence-electron chi connectivity index (χ2n) is 9.95. The first-order chi connectivity index (χ1) is 17.5.